The fourth-order valence-electron chi connectivity index (χ4n) is 2.43. The number of carbonyl (C=O) groups is 1. The van der Waals surface area contributed by atoms with Gasteiger partial charge in [-0.05, 0) is 48.9 Å². The average molecular weight is 497 g/mol. The second-order valence-electron chi connectivity index (χ2n) is 6.14. The molecule has 3 N–H and O–H groups in total. The van der Waals surface area contributed by atoms with Gasteiger partial charge in [0, 0.05) is 9.50 Å². The van der Waals surface area contributed by atoms with E-state index in [4.69, 9.17) is 22.2 Å². The van der Waals surface area contributed by atoms with Crippen molar-refractivity contribution in [1.29, 1.82) is 0 Å². The van der Waals surface area contributed by atoms with Crippen molar-refractivity contribution in [2.45, 2.75) is 24.7 Å². The molecule has 0 fully saturated rings. The molecule has 3 aromatic rings. The normalized spacial score (nSPS) is 11.8. The molecular formula is C19H19BrClN5O2S. The summed E-state index contributed by atoms with van der Waals surface area (Å²) < 4.78 is 7.94. The van der Waals surface area contributed by atoms with E-state index in [1.54, 1.807) is 24.3 Å². The number of thioether (sulfide) groups is 1. The minimum Gasteiger partial charge on any atom is -0.486 e. The Kier molecular flexibility index (Phi) is 7.40. The highest BCUT2D eigenvalue weighted by atomic mass is 79.9. The average Bonchev–Trinajstić information content (AvgIpc) is 3.06. The molecule has 0 saturated heterocycles. The molecule has 0 unspecified atom stereocenters. The summed E-state index contributed by atoms with van der Waals surface area (Å²) in [6.07, 6.45) is 0. The molecule has 1 amide bonds. The van der Waals surface area contributed by atoms with Crippen LogP contribution in [0.15, 0.2) is 58.2 Å². The number of nitrogen functional groups attached to an aromatic ring is 1. The molecule has 1 atom stereocenters. The van der Waals surface area contributed by atoms with Gasteiger partial charge in [0.15, 0.2) is 5.82 Å². The van der Waals surface area contributed by atoms with Gasteiger partial charge >= 0.3 is 0 Å². The first-order valence-corrected chi connectivity index (χ1v) is 10.8. The Morgan fingerprint density at radius 3 is 2.62 bits per heavy atom. The Morgan fingerprint density at radius 1 is 1.24 bits per heavy atom. The van der Waals surface area contributed by atoms with E-state index >= 15 is 0 Å². The number of carbonyl (C=O) groups excluding carboxylic acids is 1. The number of nitrogens with two attached hydrogens (primary N) is 1. The van der Waals surface area contributed by atoms with Gasteiger partial charge in [-0.1, -0.05) is 51.4 Å². The molecule has 0 saturated carbocycles. The quantitative estimate of drug-likeness (QED) is 0.362. The highest BCUT2D eigenvalue weighted by Crippen LogP contribution is 2.19. The van der Waals surface area contributed by atoms with Crippen molar-refractivity contribution in [3.8, 4) is 5.75 Å². The maximum atomic E-state index is 12.2. The van der Waals surface area contributed by atoms with Gasteiger partial charge < -0.3 is 15.9 Å². The van der Waals surface area contributed by atoms with Crippen LogP contribution in [0.4, 0.5) is 0 Å². The van der Waals surface area contributed by atoms with E-state index in [1.165, 1.54) is 16.4 Å². The molecule has 0 bridgehead atoms. The number of halogens is 2. The zero-order valence-electron chi connectivity index (χ0n) is 15.5. The van der Waals surface area contributed by atoms with E-state index in [-0.39, 0.29) is 24.3 Å². The zero-order valence-corrected chi connectivity index (χ0v) is 18.7. The Hall–Kier alpha value is -2.23. The molecule has 0 aliphatic carbocycles. The molecule has 1 aromatic heterocycles. The van der Waals surface area contributed by atoms with E-state index in [1.807, 2.05) is 31.2 Å². The van der Waals surface area contributed by atoms with Crippen molar-refractivity contribution in [2.24, 2.45) is 0 Å². The number of ether oxygens (including phenoxy) is 1. The van der Waals surface area contributed by atoms with E-state index in [0.29, 0.717) is 21.8 Å². The number of amides is 1. The first kappa shape index (κ1) is 21.5. The summed E-state index contributed by atoms with van der Waals surface area (Å²) in [5.41, 5.74) is 1.02. The monoisotopic (exact) mass is 495 g/mol. The van der Waals surface area contributed by atoms with Gasteiger partial charge in [-0.3, -0.25) is 4.79 Å². The van der Waals surface area contributed by atoms with Crippen molar-refractivity contribution in [2.75, 3.05) is 11.6 Å². The smallest absolute Gasteiger partial charge is 0.230 e. The van der Waals surface area contributed by atoms with Crippen LogP contribution in [0, 0.1) is 0 Å². The third-order valence-electron chi connectivity index (χ3n) is 4.00. The predicted molar refractivity (Wildman–Crippen MR) is 117 cm³/mol. The zero-order chi connectivity index (χ0) is 20.8. The Bertz CT molecular complexity index is 966. The van der Waals surface area contributed by atoms with Crippen molar-refractivity contribution in [1.82, 2.24) is 20.2 Å². The van der Waals surface area contributed by atoms with E-state index in [0.717, 1.165) is 10.0 Å². The number of hydrogen-bond donors (Lipinski definition) is 2. The van der Waals surface area contributed by atoms with Crippen molar-refractivity contribution in [3.05, 3.63) is 69.4 Å². The van der Waals surface area contributed by atoms with E-state index < -0.39 is 0 Å². The van der Waals surface area contributed by atoms with Crippen LogP contribution >= 0.6 is 39.3 Å². The fraction of sp³-hybridized carbons (Fsp3) is 0.211. The SMILES string of the molecule is C[C@H](NC(=O)CSc1nnc(COc2ccc(Cl)cc2)n1N)c1ccc(Br)cc1. The maximum Gasteiger partial charge on any atom is 0.230 e. The van der Waals surface area contributed by atoms with Gasteiger partial charge in [-0.25, -0.2) is 4.68 Å². The molecular weight excluding hydrogens is 478 g/mol. The van der Waals surface area contributed by atoms with Gasteiger partial charge in [0.05, 0.1) is 11.8 Å². The summed E-state index contributed by atoms with van der Waals surface area (Å²) in [6, 6.07) is 14.7. The summed E-state index contributed by atoms with van der Waals surface area (Å²) in [5, 5.41) is 12.1. The number of aromatic nitrogens is 3. The lowest BCUT2D eigenvalue weighted by molar-refractivity contribution is -0.119. The highest BCUT2D eigenvalue weighted by Gasteiger charge is 2.14. The molecule has 0 aliphatic rings. The summed E-state index contributed by atoms with van der Waals surface area (Å²) in [4.78, 5) is 12.2. The number of nitrogens with one attached hydrogen (secondary N) is 1. The molecule has 10 heteroatoms. The second-order valence-corrected chi connectivity index (χ2v) is 8.44. The van der Waals surface area contributed by atoms with Crippen LogP contribution in [0.2, 0.25) is 5.02 Å². The molecule has 2 aromatic carbocycles. The van der Waals surface area contributed by atoms with Crippen LogP contribution in [0.25, 0.3) is 0 Å². The van der Waals surface area contributed by atoms with Gasteiger partial charge in [0.1, 0.15) is 12.4 Å². The number of rotatable bonds is 8. The third-order valence-corrected chi connectivity index (χ3v) is 5.72. The van der Waals surface area contributed by atoms with Gasteiger partial charge in [-0.2, -0.15) is 0 Å². The Balaban J connectivity index is 1.49. The summed E-state index contributed by atoms with van der Waals surface area (Å²) >= 11 is 10.5. The first-order valence-electron chi connectivity index (χ1n) is 8.67. The van der Waals surface area contributed by atoms with Crippen molar-refractivity contribution >= 4 is 45.2 Å². The van der Waals surface area contributed by atoms with Crippen LogP contribution in [0.1, 0.15) is 24.4 Å². The lowest BCUT2D eigenvalue weighted by Gasteiger charge is -2.14. The Labute approximate surface area is 186 Å². The predicted octanol–water partition coefficient (Wildman–Crippen LogP) is 3.96. The molecule has 152 valence electrons. The Morgan fingerprint density at radius 2 is 1.93 bits per heavy atom. The summed E-state index contributed by atoms with van der Waals surface area (Å²) in [5.74, 6) is 7.17. The minimum absolute atomic E-state index is 0.102. The van der Waals surface area contributed by atoms with Gasteiger partial charge in [0.25, 0.3) is 0 Å². The molecule has 3 rings (SSSR count). The largest absolute Gasteiger partial charge is 0.486 e. The molecule has 1 heterocycles. The number of hydrogen-bond acceptors (Lipinski definition) is 6. The summed E-state index contributed by atoms with van der Waals surface area (Å²) in [7, 11) is 0. The standard InChI is InChI=1S/C19H19BrClN5O2S/c1-12(13-2-4-14(20)5-3-13)23-18(27)11-29-19-25-24-17(26(19)22)10-28-16-8-6-15(21)7-9-16/h2-9,12H,10-11,22H2,1H3,(H,23,27)/t12-/m0/s1. The molecule has 29 heavy (non-hydrogen) atoms. The van der Waals surface area contributed by atoms with Crippen LogP contribution in [0.5, 0.6) is 5.75 Å². The lowest BCUT2D eigenvalue weighted by Crippen LogP contribution is -2.28. The lowest BCUT2D eigenvalue weighted by atomic mass is 10.1. The van der Waals surface area contributed by atoms with Crippen LogP contribution < -0.4 is 15.9 Å². The number of nitrogens with zero attached hydrogens (tertiary/aromatic N) is 3. The van der Waals surface area contributed by atoms with Crippen molar-refractivity contribution in [3.63, 3.8) is 0 Å². The maximum absolute atomic E-state index is 12.2. The molecule has 0 aliphatic heterocycles. The van der Waals surface area contributed by atoms with E-state index in [9.17, 15) is 4.79 Å². The van der Waals surface area contributed by atoms with Crippen LogP contribution in [-0.2, 0) is 11.4 Å². The third kappa shape index (κ3) is 6.12. The first-order chi connectivity index (χ1) is 13.9. The minimum atomic E-state index is -0.118. The molecule has 0 radical (unpaired) electrons. The highest BCUT2D eigenvalue weighted by molar-refractivity contribution is 9.10. The molecule has 0 spiro atoms. The fourth-order valence-corrected chi connectivity index (χ4v) is 3.51. The van der Waals surface area contributed by atoms with Crippen molar-refractivity contribution < 1.29 is 9.53 Å². The van der Waals surface area contributed by atoms with Gasteiger partial charge in [0.2, 0.25) is 11.1 Å². The van der Waals surface area contributed by atoms with E-state index in [2.05, 4.69) is 31.4 Å². The van der Waals surface area contributed by atoms with Crippen LogP contribution in [-0.4, -0.2) is 26.5 Å². The second kappa shape index (κ2) is 10.00. The van der Waals surface area contributed by atoms with Gasteiger partial charge in [-0.15, -0.1) is 10.2 Å². The van der Waals surface area contributed by atoms with Crippen LogP contribution in [0.3, 0.4) is 0 Å². The number of benzene rings is 2. The topological polar surface area (TPSA) is 95.1 Å². The summed E-state index contributed by atoms with van der Waals surface area (Å²) in [6.45, 7) is 2.09. The molecule has 7 nitrogen and oxygen atoms in total.